The van der Waals surface area contributed by atoms with Crippen molar-refractivity contribution in [2.75, 3.05) is 18.2 Å². The number of Topliss-reactive ketones (excluding diaryl/α,β-unsaturated/α-hetero) is 1. The number of allylic oxidation sites excluding steroid dienone is 1. The first-order chi connectivity index (χ1) is 14.8. The predicted octanol–water partition coefficient (Wildman–Crippen LogP) is 3.77. The summed E-state index contributed by atoms with van der Waals surface area (Å²) in [4.78, 5) is 15.0. The lowest BCUT2D eigenvalue weighted by Gasteiger charge is -2.33. The first-order valence-electron chi connectivity index (χ1n) is 10.6. The van der Waals surface area contributed by atoms with Gasteiger partial charge < -0.3 is 9.47 Å². The Hall–Kier alpha value is -2.64. The topological polar surface area (TPSA) is 72.9 Å². The number of carbonyl (C=O) groups is 1. The van der Waals surface area contributed by atoms with E-state index in [9.17, 15) is 13.2 Å². The summed E-state index contributed by atoms with van der Waals surface area (Å²) in [5.74, 6) is 2.17. The molecule has 7 heteroatoms. The molecule has 0 bridgehead atoms. The van der Waals surface area contributed by atoms with E-state index in [2.05, 4.69) is 26.0 Å². The van der Waals surface area contributed by atoms with Crippen molar-refractivity contribution in [1.29, 1.82) is 0 Å². The summed E-state index contributed by atoms with van der Waals surface area (Å²) in [6.07, 6.45) is 2.37. The first-order valence-corrected chi connectivity index (χ1v) is 12.4. The molecule has 2 aromatic rings. The van der Waals surface area contributed by atoms with E-state index >= 15 is 0 Å². The van der Waals surface area contributed by atoms with Gasteiger partial charge in [0.2, 0.25) is 5.78 Å². The maximum Gasteiger partial charge on any atom is 0.231 e. The van der Waals surface area contributed by atoms with Crippen molar-refractivity contribution >= 4 is 21.7 Å². The minimum Gasteiger partial charge on any atom is -0.478 e. The molecule has 3 heterocycles. The van der Waals surface area contributed by atoms with Gasteiger partial charge in [-0.25, -0.2) is 8.42 Å². The zero-order valence-corrected chi connectivity index (χ0v) is 18.4. The molecule has 0 saturated carbocycles. The fourth-order valence-electron chi connectivity index (χ4n) is 4.40. The third kappa shape index (κ3) is 3.77. The highest BCUT2D eigenvalue weighted by molar-refractivity contribution is 7.91. The zero-order valence-electron chi connectivity index (χ0n) is 17.6. The van der Waals surface area contributed by atoms with Crippen molar-refractivity contribution < 1.29 is 22.7 Å². The number of ether oxygens (including phenoxy) is 2. The Kier molecular flexibility index (Phi) is 4.90. The summed E-state index contributed by atoms with van der Waals surface area (Å²) in [5.41, 5.74) is 3.47. The molecular formula is C24H25NO5S. The summed E-state index contributed by atoms with van der Waals surface area (Å²) < 4.78 is 35.7. The Balaban J connectivity index is 1.42. The molecule has 0 radical (unpaired) electrons. The summed E-state index contributed by atoms with van der Waals surface area (Å²) >= 11 is 0. The summed E-state index contributed by atoms with van der Waals surface area (Å²) in [6.45, 7) is 5.12. The van der Waals surface area contributed by atoms with Gasteiger partial charge in [0.05, 0.1) is 22.6 Å². The number of benzene rings is 2. The second-order valence-corrected chi connectivity index (χ2v) is 11.0. The number of hydrogen-bond donors (Lipinski definition) is 0. The number of rotatable bonds is 3. The van der Waals surface area contributed by atoms with Crippen molar-refractivity contribution in [3.05, 3.63) is 64.4 Å². The van der Waals surface area contributed by atoms with Gasteiger partial charge in [-0.15, -0.1) is 0 Å². The van der Waals surface area contributed by atoms with Crippen LogP contribution in [0.1, 0.15) is 53.2 Å². The Morgan fingerprint density at radius 2 is 1.90 bits per heavy atom. The van der Waals surface area contributed by atoms with Gasteiger partial charge in [0.15, 0.2) is 15.6 Å². The minimum absolute atomic E-state index is 0.0689. The molecule has 1 unspecified atom stereocenters. The van der Waals surface area contributed by atoms with Gasteiger partial charge in [0.1, 0.15) is 18.2 Å². The summed E-state index contributed by atoms with van der Waals surface area (Å²) in [6, 6.07) is 11.6. The highest BCUT2D eigenvalue weighted by Gasteiger charge is 2.38. The molecule has 1 saturated heterocycles. The lowest BCUT2D eigenvalue weighted by atomic mass is 10.0. The van der Waals surface area contributed by atoms with Crippen LogP contribution in [0.2, 0.25) is 0 Å². The maximum absolute atomic E-state index is 13.0. The quantitative estimate of drug-likeness (QED) is 0.678. The van der Waals surface area contributed by atoms with E-state index in [-0.39, 0.29) is 23.3 Å². The first kappa shape index (κ1) is 20.3. The molecule has 2 aromatic carbocycles. The van der Waals surface area contributed by atoms with Gasteiger partial charge in [-0.1, -0.05) is 38.1 Å². The average molecular weight is 440 g/mol. The van der Waals surface area contributed by atoms with Gasteiger partial charge >= 0.3 is 0 Å². The maximum atomic E-state index is 13.0. The van der Waals surface area contributed by atoms with Crippen LogP contribution in [0.15, 0.2) is 42.2 Å². The second-order valence-electron chi connectivity index (χ2n) is 8.76. The molecule has 5 rings (SSSR count). The van der Waals surface area contributed by atoms with E-state index in [4.69, 9.17) is 9.47 Å². The van der Waals surface area contributed by atoms with Crippen LogP contribution in [0, 0.1) is 0 Å². The minimum atomic E-state index is -2.99. The van der Waals surface area contributed by atoms with Crippen LogP contribution in [0.5, 0.6) is 11.5 Å². The normalized spacial score (nSPS) is 23.5. The van der Waals surface area contributed by atoms with E-state index < -0.39 is 9.84 Å². The van der Waals surface area contributed by atoms with E-state index in [0.717, 1.165) is 11.1 Å². The van der Waals surface area contributed by atoms with Crippen LogP contribution in [0.25, 0.3) is 6.08 Å². The highest BCUT2D eigenvalue weighted by atomic mass is 32.2. The van der Waals surface area contributed by atoms with Gasteiger partial charge in [-0.05, 0) is 41.7 Å². The molecule has 162 valence electrons. The SMILES string of the molecule is CC(C)c1ccc(C=C2Oc3c(ccc4c3CN(C3CCS(=O)(=O)C3)CO4)C2=O)cc1. The Morgan fingerprint density at radius 3 is 2.58 bits per heavy atom. The van der Waals surface area contributed by atoms with Gasteiger partial charge in [0, 0.05) is 12.6 Å². The highest BCUT2D eigenvalue weighted by Crippen LogP contribution is 2.42. The van der Waals surface area contributed by atoms with Crippen LogP contribution in [0.3, 0.4) is 0 Å². The molecule has 0 aromatic heterocycles. The van der Waals surface area contributed by atoms with Crippen LogP contribution in [-0.2, 0) is 16.4 Å². The monoisotopic (exact) mass is 439 g/mol. The number of carbonyl (C=O) groups excluding carboxylic acids is 1. The third-order valence-corrected chi connectivity index (χ3v) is 8.02. The van der Waals surface area contributed by atoms with Gasteiger partial charge in [0.25, 0.3) is 0 Å². The molecule has 3 aliphatic rings. The fourth-order valence-corrected chi connectivity index (χ4v) is 6.16. The van der Waals surface area contributed by atoms with Crippen molar-refractivity contribution in [3.63, 3.8) is 0 Å². The predicted molar refractivity (Wildman–Crippen MR) is 118 cm³/mol. The van der Waals surface area contributed by atoms with Crippen LogP contribution in [-0.4, -0.2) is 43.4 Å². The van der Waals surface area contributed by atoms with Crippen molar-refractivity contribution in [2.45, 2.75) is 38.8 Å². The van der Waals surface area contributed by atoms with Crippen LogP contribution >= 0.6 is 0 Å². The van der Waals surface area contributed by atoms with E-state index in [1.165, 1.54) is 5.56 Å². The molecule has 1 atom stereocenters. The summed E-state index contributed by atoms with van der Waals surface area (Å²) in [5, 5.41) is 0. The molecular weight excluding hydrogens is 414 g/mol. The number of sulfone groups is 1. The molecule has 0 amide bonds. The molecule has 6 nitrogen and oxygen atoms in total. The van der Waals surface area contributed by atoms with Crippen molar-refractivity contribution in [3.8, 4) is 11.5 Å². The van der Waals surface area contributed by atoms with E-state index in [0.29, 0.717) is 48.4 Å². The van der Waals surface area contributed by atoms with Crippen LogP contribution < -0.4 is 9.47 Å². The fraction of sp³-hybridized carbons (Fsp3) is 0.375. The zero-order chi connectivity index (χ0) is 21.8. The van der Waals surface area contributed by atoms with E-state index in [1.807, 2.05) is 17.0 Å². The number of fused-ring (bicyclic) bond motifs is 3. The smallest absolute Gasteiger partial charge is 0.231 e. The lowest BCUT2D eigenvalue weighted by molar-refractivity contribution is 0.0634. The Labute approximate surface area is 182 Å². The number of hydrogen-bond acceptors (Lipinski definition) is 6. The van der Waals surface area contributed by atoms with Crippen molar-refractivity contribution in [2.24, 2.45) is 0 Å². The average Bonchev–Trinajstić information content (AvgIpc) is 3.27. The lowest BCUT2D eigenvalue weighted by Crippen LogP contribution is -2.41. The van der Waals surface area contributed by atoms with Crippen LogP contribution in [0.4, 0.5) is 0 Å². The molecule has 0 aliphatic carbocycles. The summed E-state index contributed by atoms with van der Waals surface area (Å²) in [7, 11) is -2.99. The van der Waals surface area contributed by atoms with Gasteiger partial charge in [-0.3, -0.25) is 9.69 Å². The largest absolute Gasteiger partial charge is 0.478 e. The molecule has 0 spiro atoms. The molecule has 1 fully saturated rings. The Bertz CT molecular complexity index is 1180. The number of ketones is 1. The molecule has 0 N–H and O–H groups in total. The number of nitrogens with zero attached hydrogens (tertiary/aromatic N) is 1. The van der Waals surface area contributed by atoms with Gasteiger partial charge in [-0.2, -0.15) is 0 Å². The molecule has 31 heavy (non-hydrogen) atoms. The molecule has 3 aliphatic heterocycles. The second kappa shape index (κ2) is 7.50. The standard InChI is InChI=1S/C24H25NO5S/c1-15(2)17-5-3-16(4-6-17)11-22-23(26)19-7-8-21-20(24(19)30-22)12-25(14-29-21)18-9-10-31(27,28)13-18/h3-8,11,15,18H,9-10,12-14H2,1-2H3. The van der Waals surface area contributed by atoms with E-state index in [1.54, 1.807) is 18.2 Å². The van der Waals surface area contributed by atoms with Crippen molar-refractivity contribution in [1.82, 2.24) is 4.90 Å². The Morgan fingerprint density at radius 1 is 1.13 bits per heavy atom. The third-order valence-electron chi connectivity index (χ3n) is 6.27.